The molecule has 0 aliphatic rings. The van der Waals surface area contributed by atoms with E-state index < -0.39 is 0 Å². The summed E-state index contributed by atoms with van der Waals surface area (Å²) in [6, 6.07) is 20.3. The molecule has 21 heavy (non-hydrogen) atoms. The fourth-order valence-electron chi connectivity index (χ4n) is 2.43. The molecule has 4 aromatic rings. The van der Waals surface area contributed by atoms with Crippen molar-refractivity contribution in [3.05, 3.63) is 79.3 Å². The molecule has 3 nitrogen and oxygen atoms in total. The molecule has 0 amide bonds. The Morgan fingerprint density at radius 2 is 1.57 bits per heavy atom. The van der Waals surface area contributed by atoms with Crippen molar-refractivity contribution in [2.75, 3.05) is 0 Å². The molecule has 0 radical (unpaired) electrons. The summed E-state index contributed by atoms with van der Waals surface area (Å²) in [7, 11) is 0. The highest BCUT2D eigenvalue weighted by Gasteiger charge is 2.04. The van der Waals surface area contributed by atoms with Crippen LogP contribution in [0.1, 0.15) is 0 Å². The Morgan fingerprint density at radius 1 is 0.762 bits per heavy atom. The quantitative estimate of drug-likeness (QED) is 0.550. The summed E-state index contributed by atoms with van der Waals surface area (Å²) < 4.78 is 2.08. The van der Waals surface area contributed by atoms with Gasteiger partial charge in [0.05, 0.1) is 22.9 Å². The number of para-hydroxylation sites is 2. The molecule has 0 saturated carbocycles. The van der Waals surface area contributed by atoms with Crippen LogP contribution in [0, 0.1) is 0 Å². The molecular formula is C18H13N3. The lowest BCUT2D eigenvalue weighted by Crippen LogP contribution is -1.92. The van der Waals surface area contributed by atoms with E-state index in [1.807, 2.05) is 61.1 Å². The molecule has 0 spiro atoms. The second kappa shape index (κ2) is 4.87. The summed E-state index contributed by atoms with van der Waals surface area (Å²) in [5, 5.41) is 0. The largest absolute Gasteiger partial charge is 0.324 e. The molecule has 0 bridgehead atoms. The van der Waals surface area contributed by atoms with Crippen molar-refractivity contribution in [3.8, 4) is 16.9 Å². The summed E-state index contributed by atoms with van der Waals surface area (Å²) in [5.74, 6) is 0. The fraction of sp³-hybridized carbons (Fsp3) is 0. The van der Waals surface area contributed by atoms with Crippen LogP contribution in [-0.2, 0) is 0 Å². The van der Waals surface area contributed by atoms with Crippen molar-refractivity contribution in [2.24, 2.45) is 0 Å². The van der Waals surface area contributed by atoms with Crippen LogP contribution in [0.4, 0.5) is 0 Å². The highest BCUT2D eigenvalue weighted by atomic mass is 14.9. The minimum Gasteiger partial charge on any atom is -0.324 e. The van der Waals surface area contributed by atoms with E-state index in [1.165, 1.54) is 0 Å². The molecule has 0 aliphatic carbocycles. The van der Waals surface area contributed by atoms with Crippen molar-refractivity contribution in [3.63, 3.8) is 0 Å². The SMILES string of the molecule is c1cc(-c2cnc3ccccc3n2)cc(-n2cccc2)c1. The van der Waals surface area contributed by atoms with Crippen LogP contribution < -0.4 is 0 Å². The Balaban J connectivity index is 1.83. The van der Waals surface area contributed by atoms with Gasteiger partial charge in [-0.05, 0) is 36.4 Å². The first-order valence-electron chi connectivity index (χ1n) is 6.86. The molecule has 4 rings (SSSR count). The molecule has 0 unspecified atom stereocenters. The predicted octanol–water partition coefficient (Wildman–Crippen LogP) is 4.09. The Labute approximate surface area is 122 Å². The van der Waals surface area contributed by atoms with Crippen molar-refractivity contribution < 1.29 is 0 Å². The summed E-state index contributed by atoms with van der Waals surface area (Å²) >= 11 is 0. The predicted molar refractivity (Wildman–Crippen MR) is 84.3 cm³/mol. The average molecular weight is 271 g/mol. The zero-order valence-corrected chi connectivity index (χ0v) is 11.3. The molecule has 100 valence electrons. The Bertz CT molecular complexity index is 895. The van der Waals surface area contributed by atoms with Crippen LogP contribution in [0.5, 0.6) is 0 Å². The first-order valence-corrected chi connectivity index (χ1v) is 6.86. The van der Waals surface area contributed by atoms with Crippen molar-refractivity contribution in [2.45, 2.75) is 0 Å². The molecule has 0 N–H and O–H groups in total. The van der Waals surface area contributed by atoms with Crippen molar-refractivity contribution in [1.29, 1.82) is 0 Å². The van der Waals surface area contributed by atoms with E-state index in [0.29, 0.717) is 0 Å². The first kappa shape index (κ1) is 11.9. The van der Waals surface area contributed by atoms with Crippen molar-refractivity contribution in [1.82, 2.24) is 14.5 Å². The Morgan fingerprint density at radius 3 is 2.43 bits per heavy atom. The fourth-order valence-corrected chi connectivity index (χ4v) is 2.43. The minimum absolute atomic E-state index is 0.891. The molecule has 0 saturated heterocycles. The number of benzene rings is 2. The van der Waals surface area contributed by atoms with E-state index in [0.717, 1.165) is 28.0 Å². The lowest BCUT2D eigenvalue weighted by atomic mass is 10.1. The molecule has 2 aromatic heterocycles. The van der Waals surface area contributed by atoms with Gasteiger partial charge in [-0.3, -0.25) is 4.98 Å². The maximum absolute atomic E-state index is 4.70. The zero-order chi connectivity index (χ0) is 14.1. The molecule has 3 heteroatoms. The molecule has 2 heterocycles. The van der Waals surface area contributed by atoms with Gasteiger partial charge in [0.1, 0.15) is 0 Å². The van der Waals surface area contributed by atoms with Crippen LogP contribution in [-0.4, -0.2) is 14.5 Å². The number of nitrogens with zero attached hydrogens (tertiary/aromatic N) is 3. The van der Waals surface area contributed by atoms with Gasteiger partial charge < -0.3 is 4.57 Å². The van der Waals surface area contributed by atoms with Gasteiger partial charge >= 0.3 is 0 Å². The number of fused-ring (bicyclic) bond motifs is 1. The third kappa shape index (κ3) is 2.19. The van der Waals surface area contributed by atoms with Gasteiger partial charge in [0.25, 0.3) is 0 Å². The first-order chi connectivity index (χ1) is 10.4. The smallest absolute Gasteiger partial charge is 0.0894 e. The zero-order valence-electron chi connectivity index (χ0n) is 11.3. The maximum Gasteiger partial charge on any atom is 0.0894 e. The van der Waals surface area contributed by atoms with E-state index in [9.17, 15) is 0 Å². The molecule has 2 aromatic carbocycles. The van der Waals surface area contributed by atoms with Gasteiger partial charge in [0.15, 0.2) is 0 Å². The van der Waals surface area contributed by atoms with E-state index in [1.54, 1.807) is 0 Å². The van der Waals surface area contributed by atoms with Gasteiger partial charge in [-0.2, -0.15) is 0 Å². The minimum atomic E-state index is 0.891. The van der Waals surface area contributed by atoms with E-state index in [-0.39, 0.29) is 0 Å². The second-order valence-corrected chi connectivity index (χ2v) is 4.88. The Kier molecular flexibility index (Phi) is 2.75. The second-order valence-electron chi connectivity index (χ2n) is 4.88. The third-order valence-electron chi connectivity index (χ3n) is 3.49. The van der Waals surface area contributed by atoms with E-state index >= 15 is 0 Å². The van der Waals surface area contributed by atoms with Gasteiger partial charge in [0, 0.05) is 23.6 Å². The number of aromatic nitrogens is 3. The van der Waals surface area contributed by atoms with Gasteiger partial charge in [-0.15, -0.1) is 0 Å². The average Bonchev–Trinajstić information content (AvgIpc) is 3.09. The number of hydrogen-bond acceptors (Lipinski definition) is 2. The number of hydrogen-bond donors (Lipinski definition) is 0. The molecule has 0 atom stereocenters. The van der Waals surface area contributed by atoms with Crippen LogP contribution >= 0.6 is 0 Å². The van der Waals surface area contributed by atoms with Crippen LogP contribution in [0.25, 0.3) is 28.0 Å². The maximum atomic E-state index is 4.70. The summed E-state index contributed by atoms with van der Waals surface area (Å²) in [4.78, 5) is 9.18. The van der Waals surface area contributed by atoms with Crippen LogP contribution in [0.15, 0.2) is 79.3 Å². The highest BCUT2D eigenvalue weighted by molar-refractivity contribution is 5.77. The van der Waals surface area contributed by atoms with Gasteiger partial charge in [0.2, 0.25) is 0 Å². The van der Waals surface area contributed by atoms with E-state index in [2.05, 4.69) is 27.8 Å². The van der Waals surface area contributed by atoms with Crippen LogP contribution in [0.3, 0.4) is 0 Å². The van der Waals surface area contributed by atoms with Gasteiger partial charge in [-0.25, -0.2) is 4.98 Å². The molecule has 0 fully saturated rings. The highest BCUT2D eigenvalue weighted by Crippen LogP contribution is 2.21. The third-order valence-corrected chi connectivity index (χ3v) is 3.49. The Hall–Kier alpha value is -2.94. The lowest BCUT2D eigenvalue weighted by molar-refractivity contribution is 1.08. The standard InChI is InChI=1S/C18H13N3/c1-2-9-17-16(8-1)19-13-18(20-17)14-6-5-7-15(12-14)21-10-3-4-11-21/h1-13H. The summed E-state index contributed by atoms with van der Waals surface area (Å²) in [6.45, 7) is 0. The van der Waals surface area contributed by atoms with Crippen molar-refractivity contribution >= 4 is 11.0 Å². The van der Waals surface area contributed by atoms with Gasteiger partial charge in [-0.1, -0.05) is 24.3 Å². The summed E-state index contributed by atoms with van der Waals surface area (Å²) in [5.41, 5.74) is 4.92. The molecular weight excluding hydrogens is 258 g/mol. The van der Waals surface area contributed by atoms with Crippen LogP contribution in [0.2, 0.25) is 0 Å². The number of rotatable bonds is 2. The summed E-state index contributed by atoms with van der Waals surface area (Å²) in [6.07, 6.45) is 5.90. The normalized spacial score (nSPS) is 10.9. The monoisotopic (exact) mass is 271 g/mol. The topological polar surface area (TPSA) is 30.7 Å². The van der Waals surface area contributed by atoms with E-state index in [4.69, 9.17) is 4.98 Å². The molecule has 0 aliphatic heterocycles. The lowest BCUT2D eigenvalue weighted by Gasteiger charge is -2.06.